The van der Waals surface area contributed by atoms with Crippen LogP contribution in [0.5, 0.6) is 0 Å². The Hall–Kier alpha value is 0.247. The maximum atomic E-state index is 8.54. The molecule has 0 aromatic heterocycles. The summed E-state index contributed by atoms with van der Waals surface area (Å²) in [6, 6.07) is 0. The molecule has 0 rings (SSSR count). The first kappa shape index (κ1) is 10.3. The van der Waals surface area contributed by atoms with Gasteiger partial charge in [0.1, 0.15) is 0 Å². The minimum absolute atomic E-state index is 2.00. The molecule has 7 heteroatoms. The Balaban J connectivity index is 0. The van der Waals surface area contributed by atoms with Gasteiger partial charge in [0.05, 0.1) is 0 Å². The maximum absolute atomic E-state index is 8.54. The van der Waals surface area contributed by atoms with E-state index in [2.05, 4.69) is 0 Å². The third-order valence-electron chi connectivity index (χ3n) is 0. The van der Waals surface area contributed by atoms with Gasteiger partial charge in [-0.2, -0.15) is 0 Å². The van der Waals surface area contributed by atoms with E-state index in [9.17, 15) is 0 Å². The van der Waals surface area contributed by atoms with Crippen LogP contribution in [-0.2, 0) is 51.1 Å². The molecule has 0 atom stereocenters. The van der Waals surface area contributed by atoms with Crippen LogP contribution in [0.3, 0.4) is 0 Å². The van der Waals surface area contributed by atoms with Crippen LogP contribution in [0, 0.1) is 0 Å². The predicted molar refractivity (Wildman–Crippen MR) is 3.43 cm³/mol. The minimum atomic E-state index is -3.79. The van der Waals surface area contributed by atoms with E-state index >= 15 is 0 Å². The molecule has 5 nitrogen and oxygen atoms in total. The van der Waals surface area contributed by atoms with Crippen LogP contribution in [-0.4, -0.2) is 0 Å². The van der Waals surface area contributed by atoms with Crippen LogP contribution in [0.4, 0.5) is 0 Å². The second-order valence-corrected chi connectivity index (χ2v) is 1.19. The van der Waals surface area contributed by atoms with Crippen molar-refractivity contribution in [3.05, 3.63) is 0 Å². The summed E-state index contributed by atoms with van der Waals surface area (Å²) >= 11 is -5.79. The standard InChI is InChI=1S/Cr.5O.Ti. The normalized spacial score (nSPS) is 4.57. The third kappa shape index (κ3) is 1850. The quantitative estimate of drug-likeness (QED) is 0.464. The SMILES string of the molecule is [O]=[Cr](=[O])=[O].[O]=[Ti]=[O]. The molecule has 0 aromatic carbocycles. The summed E-state index contributed by atoms with van der Waals surface area (Å²) < 4.78 is 42.6. The summed E-state index contributed by atoms with van der Waals surface area (Å²) in [5, 5.41) is 0. The predicted octanol–water partition coefficient (Wildman–Crippen LogP) is -0.599. The van der Waals surface area contributed by atoms with Gasteiger partial charge in [0.2, 0.25) is 0 Å². The fourth-order valence-electron chi connectivity index (χ4n) is 0. The molecule has 0 saturated carbocycles. The van der Waals surface area contributed by atoms with Gasteiger partial charge >= 0.3 is 51.1 Å². The van der Waals surface area contributed by atoms with Crippen LogP contribution in [0.2, 0.25) is 0 Å². The zero-order valence-corrected chi connectivity index (χ0v) is 5.79. The molecular formula is CrO5Ti. The summed E-state index contributed by atoms with van der Waals surface area (Å²) in [5.74, 6) is 0. The monoisotopic (exact) mass is 180 g/mol. The Labute approximate surface area is 51.3 Å². The molecule has 0 amide bonds. The van der Waals surface area contributed by atoms with Crippen molar-refractivity contribution in [1.82, 2.24) is 0 Å². The van der Waals surface area contributed by atoms with Crippen molar-refractivity contribution in [2.24, 2.45) is 0 Å². The summed E-state index contributed by atoms with van der Waals surface area (Å²) in [4.78, 5) is 0. The van der Waals surface area contributed by atoms with Crippen molar-refractivity contribution in [1.29, 1.82) is 0 Å². The summed E-state index contributed by atoms with van der Waals surface area (Å²) in [7, 11) is 0. The molecule has 0 aliphatic carbocycles. The first-order valence-corrected chi connectivity index (χ1v) is 3.74. The van der Waals surface area contributed by atoms with Crippen molar-refractivity contribution in [2.75, 3.05) is 0 Å². The molecule has 0 aliphatic rings. The Bertz CT molecular complexity index is 135. The van der Waals surface area contributed by atoms with Crippen molar-refractivity contribution < 1.29 is 51.1 Å². The van der Waals surface area contributed by atoms with Crippen molar-refractivity contribution in [3.63, 3.8) is 0 Å². The molecule has 0 N–H and O–H groups in total. The van der Waals surface area contributed by atoms with Gasteiger partial charge in [0.25, 0.3) is 0 Å². The molecule has 40 valence electrons. The first-order chi connectivity index (χ1) is 3.15. The zero-order valence-electron chi connectivity index (χ0n) is 2.95. The van der Waals surface area contributed by atoms with Gasteiger partial charge in [-0.05, 0) is 0 Å². The van der Waals surface area contributed by atoms with Crippen LogP contribution < -0.4 is 0 Å². The first-order valence-electron chi connectivity index (χ1n) is 0.908. The van der Waals surface area contributed by atoms with E-state index in [0.717, 1.165) is 0 Å². The van der Waals surface area contributed by atoms with Gasteiger partial charge in [-0.25, -0.2) is 0 Å². The van der Waals surface area contributed by atoms with E-state index in [-0.39, 0.29) is 0 Å². The Kier molecular flexibility index (Phi) is 14.0. The van der Waals surface area contributed by atoms with Crippen LogP contribution >= 0.6 is 0 Å². The van der Waals surface area contributed by atoms with E-state index in [4.69, 9.17) is 18.1 Å². The number of hydrogen-bond donors (Lipinski definition) is 0. The number of hydrogen-bond acceptors (Lipinski definition) is 5. The molecule has 0 heterocycles. The zero-order chi connectivity index (χ0) is 6.28. The molecule has 0 saturated heterocycles. The molecule has 0 aromatic rings. The molecule has 0 fully saturated rings. The van der Waals surface area contributed by atoms with Crippen LogP contribution in [0.25, 0.3) is 0 Å². The van der Waals surface area contributed by atoms with Crippen LogP contribution in [0.1, 0.15) is 0 Å². The average molecular weight is 180 g/mol. The summed E-state index contributed by atoms with van der Waals surface area (Å²) in [6.45, 7) is 0. The fourth-order valence-corrected chi connectivity index (χ4v) is 0. The second kappa shape index (κ2) is 9.54. The van der Waals surface area contributed by atoms with Crippen molar-refractivity contribution >= 4 is 0 Å². The molecule has 0 radical (unpaired) electrons. The topological polar surface area (TPSA) is 85.3 Å². The van der Waals surface area contributed by atoms with Gasteiger partial charge in [0, 0.05) is 0 Å². The molecule has 0 bridgehead atoms. The number of rotatable bonds is 0. The molecule has 0 aliphatic heterocycles. The van der Waals surface area contributed by atoms with Gasteiger partial charge in [-0.3, -0.25) is 0 Å². The second-order valence-electron chi connectivity index (χ2n) is 0.287. The molecule has 0 unspecified atom stereocenters. The average Bonchev–Trinajstić information content (AvgIpc) is 1.33. The van der Waals surface area contributed by atoms with Crippen molar-refractivity contribution in [3.8, 4) is 0 Å². The molecule has 7 heavy (non-hydrogen) atoms. The van der Waals surface area contributed by atoms with E-state index in [1.165, 1.54) is 0 Å². The van der Waals surface area contributed by atoms with E-state index in [0.29, 0.717) is 0 Å². The Morgan fingerprint density at radius 2 is 1.00 bits per heavy atom. The Morgan fingerprint density at radius 1 is 1.00 bits per heavy atom. The van der Waals surface area contributed by atoms with Gasteiger partial charge in [-0.1, -0.05) is 0 Å². The van der Waals surface area contributed by atoms with Gasteiger partial charge in [0.15, 0.2) is 0 Å². The van der Waals surface area contributed by atoms with Gasteiger partial charge < -0.3 is 0 Å². The van der Waals surface area contributed by atoms with Crippen LogP contribution in [0.15, 0.2) is 0 Å². The fraction of sp³-hybridized carbons (Fsp3) is 0. The van der Waals surface area contributed by atoms with Gasteiger partial charge in [-0.15, -0.1) is 0 Å². The Morgan fingerprint density at radius 3 is 1.00 bits per heavy atom. The summed E-state index contributed by atoms with van der Waals surface area (Å²) in [6.07, 6.45) is 0. The van der Waals surface area contributed by atoms with E-state index in [1.807, 2.05) is 0 Å². The van der Waals surface area contributed by atoms with E-state index < -0.39 is 33.0 Å². The van der Waals surface area contributed by atoms with Crippen molar-refractivity contribution in [2.45, 2.75) is 0 Å². The third-order valence-corrected chi connectivity index (χ3v) is 0. The van der Waals surface area contributed by atoms with E-state index in [1.54, 1.807) is 0 Å². The summed E-state index contributed by atoms with van der Waals surface area (Å²) in [5.41, 5.74) is 0. The molecule has 0 spiro atoms. The molecular weight excluding hydrogens is 180 g/mol.